The van der Waals surface area contributed by atoms with Crippen LogP contribution in [0.1, 0.15) is 43.0 Å². The van der Waals surface area contributed by atoms with E-state index in [1.807, 2.05) is 0 Å². The molecule has 0 spiro atoms. The maximum Gasteiger partial charge on any atom is 0.167 e. The van der Waals surface area contributed by atoms with Gasteiger partial charge in [-0.1, -0.05) is 43.0 Å². The predicted octanol–water partition coefficient (Wildman–Crippen LogP) is 5.00. The summed E-state index contributed by atoms with van der Waals surface area (Å²) in [4.78, 5) is 12.4. The standard InChI is InChI=1S/C14H16Cl2O/c1-9-3-2-4-10(7-9)14(17)12-8-11(15)5-6-13(12)16/h5-6,8-10H,2-4,7H2,1H3. The summed E-state index contributed by atoms with van der Waals surface area (Å²) in [5, 5.41) is 1.08. The molecule has 0 heterocycles. The van der Waals surface area contributed by atoms with Gasteiger partial charge in [0.15, 0.2) is 5.78 Å². The van der Waals surface area contributed by atoms with Crippen molar-refractivity contribution in [2.75, 3.05) is 0 Å². The Hall–Kier alpha value is -0.530. The third-order valence-corrected chi connectivity index (χ3v) is 4.07. The number of hydrogen-bond donors (Lipinski definition) is 0. The van der Waals surface area contributed by atoms with Crippen LogP contribution in [0.5, 0.6) is 0 Å². The van der Waals surface area contributed by atoms with E-state index in [4.69, 9.17) is 23.2 Å². The highest BCUT2D eigenvalue weighted by molar-refractivity contribution is 6.36. The monoisotopic (exact) mass is 270 g/mol. The van der Waals surface area contributed by atoms with Crippen molar-refractivity contribution in [2.45, 2.75) is 32.6 Å². The smallest absolute Gasteiger partial charge is 0.167 e. The number of Topliss-reactive ketones (excluding diaryl/α,β-unsaturated/α-hetero) is 1. The fourth-order valence-corrected chi connectivity index (χ4v) is 2.96. The molecule has 0 radical (unpaired) electrons. The molecule has 1 aliphatic rings. The topological polar surface area (TPSA) is 17.1 Å². The summed E-state index contributed by atoms with van der Waals surface area (Å²) in [5.74, 6) is 0.912. The van der Waals surface area contributed by atoms with Crippen LogP contribution in [-0.2, 0) is 0 Å². The summed E-state index contributed by atoms with van der Waals surface area (Å²) < 4.78 is 0. The largest absolute Gasteiger partial charge is 0.294 e. The van der Waals surface area contributed by atoms with Crippen LogP contribution < -0.4 is 0 Å². The Labute approximate surface area is 112 Å². The zero-order chi connectivity index (χ0) is 12.4. The Bertz CT molecular complexity index is 428. The van der Waals surface area contributed by atoms with Gasteiger partial charge in [0.05, 0.1) is 5.02 Å². The van der Waals surface area contributed by atoms with Crippen molar-refractivity contribution in [3.05, 3.63) is 33.8 Å². The first-order valence-corrected chi connectivity index (χ1v) is 6.83. The molecule has 3 heteroatoms. The van der Waals surface area contributed by atoms with Gasteiger partial charge in [-0.2, -0.15) is 0 Å². The second-order valence-corrected chi connectivity index (χ2v) is 5.80. The van der Waals surface area contributed by atoms with Crippen molar-refractivity contribution < 1.29 is 4.79 Å². The number of benzene rings is 1. The molecule has 0 saturated heterocycles. The molecule has 0 aromatic heterocycles. The molecular formula is C14H16Cl2O. The first kappa shape index (κ1) is 12.9. The van der Waals surface area contributed by atoms with Crippen molar-refractivity contribution in [2.24, 2.45) is 11.8 Å². The molecule has 1 aromatic carbocycles. The Balaban J connectivity index is 2.21. The minimum absolute atomic E-state index is 0.120. The Morgan fingerprint density at radius 3 is 2.76 bits per heavy atom. The van der Waals surface area contributed by atoms with Crippen LogP contribution in [0.2, 0.25) is 10.0 Å². The Morgan fingerprint density at radius 2 is 2.06 bits per heavy atom. The zero-order valence-corrected chi connectivity index (χ0v) is 11.4. The highest BCUT2D eigenvalue weighted by atomic mass is 35.5. The summed E-state index contributed by atoms with van der Waals surface area (Å²) in [6, 6.07) is 5.10. The lowest BCUT2D eigenvalue weighted by atomic mass is 9.79. The molecular weight excluding hydrogens is 255 g/mol. The predicted molar refractivity (Wildman–Crippen MR) is 71.9 cm³/mol. The van der Waals surface area contributed by atoms with E-state index in [2.05, 4.69) is 6.92 Å². The van der Waals surface area contributed by atoms with Crippen molar-refractivity contribution in [3.63, 3.8) is 0 Å². The van der Waals surface area contributed by atoms with Gasteiger partial charge in [-0.25, -0.2) is 0 Å². The molecule has 2 atom stereocenters. The molecule has 2 rings (SSSR count). The van der Waals surface area contributed by atoms with Crippen LogP contribution in [0.4, 0.5) is 0 Å². The molecule has 17 heavy (non-hydrogen) atoms. The van der Waals surface area contributed by atoms with Gasteiger partial charge in [0, 0.05) is 16.5 Å². The van der Waals surface area contributed by atoms with Crippen molar-refractivity contribution in [3.8, 4) is 0 Å². The normalized spacial score (nSPS) is 24.6. The lowest BCUT2D eigenvalue weighted by Gasteiger charge is -2.25. The summed E-state index contributed by atoms with van der Waals surface area (Å²) in [7, 11) is 0. The third-order valence-electron chi connectivity index (χ3n) is 3.50. The Morgan fingerprint density at radius 1 is 1.29 bits per heavy atom. The van der Waals surface area contributed by atoms with Crippen molar-refractivity contribution in [1.82, 2.24) is 0 Å². The second kappa shape index (κ2) is 5.41. The molecule has 0 bridgehead atoms. The van der Waals surface area contributed by atoms with E-state index in [1.54, 1.807) is 18.2 Å². The van der Waals surface area contributed by atoms with Crippen molar-refractivity contribution in [1.29, 1.82) is 0 Å². The van der Waals surface area contributed by atoms with E-state index < -0.39 is 0 Å². The molecule has 1 aliphatic carbocycles. The number of rotatable bonds is 2. The van der Waals surface area contributed by atoms with Crippen LogP contribution in [-0.4, -0.2) is 5.78 Å². The van der Waals surface area contributed by atoms with Crippen LogP contribution >= 0.6 is 23.2 Å². The second-order valence-electron chi connectivity index (χ2n) is 4.96. The van der Waals surface area contributed by atoms with Gasteiger partial charge in [-0.3, -0.25) is 4.79 Å². The van der Waals surface area contributed by atoms with Crippen molar-refractivity contribution >= 4 is 29.0 Å². The average molecular weight is 271 g/mol. The molecule has 1 aromatic rings. The lowest BCUT2D eigenvalue weighted by Crippen LogP contribution is -2.22. The van der Waals surface area contributed by atoms with E-state index in [9.17, 15) is 4.79 Å². The first-order chi connectivity index (χ1) is 8.08. The van der Waals surface area contributed by atoms with E-state index in [-0.39, 0.29) is 11.7 Å². The minimum atomic E-state index is 0.120. The third kappa shape index (κ3) is 3.02. The number of hydrogen-bond acceptors (Lipinski definition) is 1. The van der Waals surface area contributed by atoms with E-state index in [0.29, 0.717) is 21.5 Å². The van der Waals surface area contributed by atoms with Gasteiger partial charge in [-0.05, 0) is 37.0 Å². The maximum atomic E-state index is 12.4. The van der Waals surface area contributed by atoms with Gasteiger partial charge in [0.25, 0.3) is 0 Å². The molecule has 0 aliphatic heterocycles. The molecule has 92 valence electrons. The number of carbonyl (C=O) groups is 1. The van der Waals surface area contributed by atoms with Gasteiger partial charge < -0.3 is 0 Å². The fraction of sp³-hybridized carbons (Fsp3) is 0.500. The Kier molecular flexibility index (Phi) is 4.11. The van der Waals surface area contributed by atoms with Crippen LogP contribution in [0.15, 0.2) is 18.2 Å². The molecule has 2 unspecified atom stereocenters. The number of carbonyl (C=O) groups excluding carboxylic acids is 1. The quantitative estimate of drug-likeness (QED) is 0.691. The summed E-state index contributed by atoms with van der Waals surface area (Å²) in [6.07, 6.45) is 4.32. The zero-order valence-electron chi connectivity index (χ0n) is 9.88. The first-order valence-electron chi connectivity index (χ1n) is 6.07. The lowest BCUT2D eigenvalue weighted by molar-refractivity contribution is 0.0868. The van der Waals surface area contributed by atoms with Gasteiger partial charge in [-0.15, -0.1) is 0 Å². The molecule has 1 saturated carbocycles. The molecule has 1 fully saturated rings. The summed E-state index contributed by atoms with van der Waals surface area (Å²) in [5.41, 5.74) is 0.582. The van der Waals surface area contributed by atoms with E-state index in [1.165, 1.54) is 6.42 Å². The van der Waals surface area contributed by atoms with Crippen LogP contribution in [0.25, 0.3) is 0 Å². The van der Waals surface area contributed by atoms with Gasteiger partial charge in [0.2, 0.25) is 0 Å². The molecule has 0 amide bonds. The number of ketones is 1. The fourth-order valence-electron chi connectivity index (χ4n) is 2.58. The van der Waals surface area contributed by atoms with E-state index in [0.717, 1.165) is 19.3 Å². The van der Waals surface area contributed by atoms with Gasteiger partial charge >= 0.3 is 0 Å². The maximum absolute atomic E-state index is 12.4. The van der Waals surface area contributed by atoms with E-state index >= 15 is 0 Å². The highest BCUT2D eigenvalue weighted by Gasteiger charge is 2.27. The number of halogens is 2. The average Bonchev–Trinajstić information content (AvgIpc) is 2.31. The highest BCUT2D eigenvalue weighted by Crippen LogP contribution is 2.33. The minimum Gasteiger partial charge on any atom is -0.294 e. The van der Waals surface area contributed by atoms with Gasteiger partial charge in [0.1, 0.15) is 0 Å². The van der Waals surface area contributed by atoms with Crippen LogP contribution in [0.3, 0.4) is 0 Å². The SMILES string of the molecule is CC1CCCC(C(=O)c2cc(Cl)ccc2Cl)C1. The summed E-state index contributed by atoms with van der Waals surface area (Å²) in [6.45, 7) is 2.21. The summed E-state index contributed by atoms with van der Waals surface area (Å²) >= 11 is 12.0. The van der Waals surface area contributed by atoms with Crippen LogP contribution in [0, 0.1) is 11.8 Å². The molecule has 1 nitrogen and oxygen atoms in total. The molecule has 0 N–H and O–H groups in total.